The predicted octanol–water partition coefficient (Wildman–Crippen LogP) is 4.37. The molecule has 1 unspecified atom stereocenters. The van der Waals surface area contributed by atoms with Crippen molar-refractivity contribution in [3.05, 3.63) is 58.9 Å². The molecular weight excluding hydrogens is 275 g/mol. The molecule has 0 radical (unpaired) electrons. The molecule has 0 bridgehead atoms. The lowest BCUT2D eigenvalue weighted by Gasteiger charge is -2.14. The smallest absolute Gasteiger partial charge is 0.195 e. The van der Waals surface area contributed by atoms with Crippen LogP contribution in [-0.2, 0) is 6.42 Å². The molecule has 110 valence electrons. The Hall–Kier alpha value is -1.81. The summed E-state index contributed by atoms with van der Waals surface area (Å²) in [7, 11) is 0. The average molecular weight is 291 g/mol. The third-order valence-corrected chi connectivity index (χ3v) is 4.05. The van der Waals surface area contributed by atoms with Crippen molar-refractivity contribution >= 4 is 0 Å². The lowest BCUT2D eigenvalue weighted by atomic mass is 9.96. The van der Waals surface area contributed by atoms with E-state index in [1.54, 1.807) is 6.07 Å². The topological polar surface area (TPSA) is 12.0 Å². The Morgan fingerprint density at radius 2 is 1.86 bits per heavy atom. The molecule has 0 saturated carbocycles. The zero-order chi connectivity index (χ0) is 15.0. The Morgan fingerprint density at radius 3 is 2.62 bits per heavy atom. The summed E-state index contributed by atoms with van der Waals surface area (Å²) in [5, 5.41) is 3.39. The van der Waals surface area contributed by atoms with Crippen LogP contribution in [0.1, 0.15) is 30.5 Å². The van der Waals surface area contributed by atoms with Gasteiger partial charge in [-0.25, -0.2) is 13.2 Å². The summed E-state index contributed by atoms with van der Waals surface area (Å²) in [6, 6.07) is 8.15. The molecule has 4 heteroatoms. The summed E-state index contributed by atoms with van der Waals surface area (Å²) in [6.45, 7) is 2.89. The van der Waals surface area contributed by atoms with E-state index in [4.69, 9.17) is 0 Å². The molecule has 21 heavy (non-hydrogen) atoms. The second kappa shape index (κ2) is 5.53. The molecule has 1 nitrogen and oxygen atoms in total. The van der Waals surface area contributed by atoms with Crippen LogP contribution in [0.25, 0.3) is 11.1 Å². The van der Waals surface area contributed by atoms with Crippen molar-refractivity contribution in [2.24, 2.45) is 0 Å². The minimum Gasteiger partial charge on any atom is -0.310 e. The van der Waals surface area contributed by atoms with Crippen LogP contribution in [0.4, 0.5) is 13.2 Å². The van der Waals surface area contributed by atoms with Gasteiger partial charge >= 0.3 is 0 Å². The number of halogens is 3. The summed E-state index contributed by atoms with van der Waals surface area (Å²) < 4.78 is 40.6. The van der Waals surface area contributed by atoms with E-state index in [2.05, 4.69) is 5.32 Å². The Morgan fingerprint density at radius 1 is 1.05 bits per heavy atom. The van der Waals surface area contributed by atoms with Crippen LogP contribution < -0.4 is 5.32 Å². The van der Waals surface area contributed by atoms with Gasteiger partial charge in [0.05, 0.1) is 0 Å². The highest BCUT2D eigenvalue weighted by Gasteiger charge is 2.25. The van der Waals surface area contributed by atoms with Crippen LogP contribution in [0, 0.1) is 17.5 Å². The molecular formula is C17H16F3N. The van der Waals surface area contributed by atoms with E-state index in [0.29, 0.717) is 5.56 Å². The van der Waals surface area contributed by atoms with Crippen LogP contribution in [0.5, 0.6) is 0 Å². The first-order valence-corrected chi connectivity index (χ1v) is 7.12. The molecule has 0 saturated heterocycles. The van der Waals surface area contributed by atoms with Crippen LogP contribution in [0.2, 0.25) is 0 Å². The van der Waals surface area contributed by atoms with Crippen molar-refractivity contribution in [1.82, 2.24) is 5.32 Å². The van der Waals surface area contributed by atoms with Gasteiger partial charge < -0.3 is 5.32 Å². The Kier molecular flexibility index (Phi) is 3.72. The average Bonchev–Trinajstić information content (AvgIpc) is 2.89. The highest BCUT2D eigenvalue weighted by Crippen LogP contribution is 2.38. The predicted molar refractivity (Wildman–Crippen MR) is 76.5 cm³/mol. The first-order chi connectivity index (χ1) is 10.1. The molecule has 0 aromatic heterocycles. The molecule has 0 amide bonds. The second-order valence-electron chi connectivity index (χ2n) is 5.25. The third-order valence-electron chi connectivity index (χ3n) is 4.05. The van der Waals surface area contributed by atoms with Crippen molar-refractivity contribution in [3.8, 4) is 11.1 Å². The van der Waals surface area contributed by atoms with Crippen LogP contribution >= 0.6 is 0 Å². The molecule has 0 fully saturated rings. The highest BCUT2D eigenvalue weighted by molar-refractivity contribution is 5.70. The van der Waals surface area contributed by atoms with Gasteiger partial charge in [0.25, 0.3) is 0 Å². The molecule has 0 aliphatic heterocycles. The van der Waals surface area contributed by atoms with Crippen molar-refractivity contribution in [2.75, 3.05) is 6.54 Å². The number of nitrogens with one attached hydrogen (secondary N) is 1. The Balaban J connectivity index is 2.12. The maximum absolute atomic E-state index is 14.0. The highest BCUT2D eigenvalue weighted by atomic mass is 19.2. The molecule has 1 N–H and O–H groups in total. The van der Waals surface area contributed by atoms with Gasteiger partial charge in [0, 0.05) is 11.6 Å². The summed E-state index contributed by atoms with van der Waals surface area (Å²) in [5.41, 5.74) is 2.93. The quantitative estimate of drug-likeness (QED) is 0.828. The standard InChI is InChI=1S/C17H16F3N/c1-2-21-15-9-7-11-10(4-3-5-12(11)15)13-6-8-14(18)17(20)16(13)19/h3-6,8,15,21H,2,7,9H2,1H3. The van der Waals surface area contributed by atoms with Gasteiger partial charge in [-0.3, -0.25) is 0 Å². The normalized spacial score (nSPS) is 17.0. The Bertz CT molecular complexity index is 682. The number of hydrogen-bond acceptors (Lipinski definition) is 1. The fourth-order valence-electron chi connectivity index (χ4n) is 3.10. The van der Waals surface area contributed by atoms with E-state index in [1.807, 2.05) is 19.1 Å². The van der Waals surface area contributed by atoms with E-state index in [-0.39, 0.29) is 11.6 Å². The van der Waals surface area contributed by atoms with E-state index >= 15 is 0 Å². The van der Waals surface area contributed by atoms with Gasteiger partial charge in [-0.2, -0.15) is 0 Å². The number of fused-ring (bicyclic) bond motifs is 1. The zero-order valence-corrected chi connectivity index (χ0v) is 11.7. The SMILES string of the molecule is CCNC1CCc2c(-c3ccc(F)c(F)c3F)cccc21. The van der Waals surface area contributed by atoms with Crippen molar-refractivity contribution in [1.29, 1.82) is 0 Å². The minimum atomic E-state index is -1.41. The molecule has 1 aliphatic rings. The molecule has 0 spiro atoms. The third kappa shape index (κ3) is 2.33. The van der Waals surface area contributed by atoms with Gasteiger partial charge in [0.15, 0.2) is 17.5 Å². The minimum absolute atomic E-state index is 0.128. The van der Waals surface area contributed by atoms with E-state index in [1.165, 1.54) is 6.07 Å². The van der Waals surface area contributed by atoms with E-state index in [9.17, 15) is 13.2 Å². The molecule has 2 aromatic rings. The van der Waals surface area contributed by atoms with Crippen LogP contribution in [0.3, 0.4) is 0 Å². The summed E-state index contributed by atoms with van der Waals surface area (Å²) in [5.74, 6) is -3.68. The fourth-order valence-corrected chi connectivity index (χ4v) is 3.10. The summed E-state index contributed by atoms with van der Waals surface area (Å²) in [4.78, 5) is 0. The zero-order valence-electron chi connectivity index (χ0n) is 11.7. The van der Waals surface area contributed by atoms with Gasteiger partial charge in [0.2, 0.25) is 0 Å². The van der Waals surface area contributed by atoms with Gasteiger partial charge in [-0.1, -0.05) is 25.1 Å². The van der Waals surface area contributed by atoms with Gasteiger partial charge in [0.1, 0.15) is 0 Å². The van der Waals surface area contributed by atoms with Crippen molar-refractivity contribution in [3.63, 3.8) is 0 Å². The molecule has 1 aliphatic carbocycles. The molecule has 0 heterocycles. The molecule has 2 aromatic carbocycles. The summed E-state index contributed by atoms with van der Waals surface area (Å²) in [6.07, 6.45) is 1.74. The monoisotopic (exact) mass is 291 g/mol. The first-order valence-electron chi connectivity index (χ1n) is 7.12. The summed E-state index contributed by atoms with van der Waals surface area (Å²) >= 11 is 0. The second-order valence-corrected chi connectivity index (χ2v) is 5.25. The number of rotatable bonds is 3. The van der Waals surface area contributed by atoms with Crippen LogP contribution in [-0.4, -0.2) is 6.54 Å². The fraction of sp³-hybridized carbons (Fsp3) is 0.294. The van der Waals surface area contributed by atoms with Crippen LogP contribution in [0.15, 0.2) is 30.3 Å². The van der Waals surface area contributed by atoms with E-state index < -0.39 is 17.5 Å². The number of benzene rings is 2. The van der Waals surface area contributed by atoms with E-state index in [0.717, 1.165) is 36.6 Å². The lowest BCUT2D eigenvalue weighted by Crippen LogP contribution is -2.18. The molecule has 3 rings (SSSR count). The number of hydrogen-bond donors (Lipinski definition) is 1. The van der Waals surface area contributed by atoms with Gasteiger partial charge in [-0.05, 0) is 48.2 Å². The molecule has 1 atom stereocenters. The Labute approximate surface area is 121 Å². The van der Waals surface area contributed by atoms with Crippen molar-refractivity contribution in [2.45, 2.75) is 25.8 Å². The first kappa shape index (κ1) is 14.1. The maximum atomic E-state index is 14.0. The lowest BCUT2D eigenvalue weighted by molar-refractivity contribution is 0.449. The van der Waals surface area contributed by atoms with Gasteiger partial charge in [-0.15, -0.1) is 0 Å². The van der Waals surface area contributed by atoms with Crippen molar-refractivity contribution < 1.29 is 13.2 Å². The largest absolute Gasteiger partial charge is 0.310 e. The maximum Gasteiger partial charge on any atom is 0.195 e.